The molecule has 6 nitrogen and oxygen atoms in total. The molecule has 0 aliphatic rings. The van der Waals surface area contributed by atoms with Gasteiger partial charge in [-0.1, -0.05) is 12.1 Å². The van der Waals surface area contributed by atoms with Gasteiger partial charge in [0.2, 0.25) is 11.8 Å². The number of carbonyl (C=O) groups excluding carboxylic acids is 2. The van der Waals surface area contributed by atoms with E-state index in [0.29, 0.717) is 5.56 Å². The van der Waals surface area contributed by atoms with Crippen LogP contribution in [0.5, 0.6) is 0 Å². The zero-order chi connectivity index (χ0) is 14.3. The van der Waals surface area contributed by atoms with E-state index in [1.165, 1.54) is 19.1 Å². The predicted octanol–water partition coefficient (Wildman–Crippen LogP) is 0.527. The molecule has 0 radical (unpaired) electrons. The maximum atomic E-state index is 11.4. The standard InChI is InChI=1S/C13H16N2O4/c1-9(16)14-6-5-12(17)15-8-10-3-2-4-11(7-10)13(18)19/h2-4,7H,5-6,8H2,1H3,(H,14,16)(H,15,17)(H,18,19). The third-order valence-electron chi connectivity index (χ3n) is 2.39. The molecule has 1 aromatic rings. The van der Waals surface area contributed by atoms with Crippen molar-refractivity contribution in [3.8, 4) is 0 Å². The molecule has 0 aliphatic heterocycles. The normalized spacial score (nSPS) is 9.74. The Morgan fingerprint density at radius 1 is 1.21 bits per heavy atom. The summed E-state index contributed by atoms with van der Waals surface area (Å²) in [5.41, 5.74) is 0.901. The van der Waals surface area contributed by atoms with E-state index in [1.807, 2.05) is 0 Å². The second kappa shape index (κ2) is 7.15. The first-order valence-corrected chi connectivity index (χ1v) is 5.82. The summed E-state index contributed by atoms with van der Waals surface area (Å²) in [6.07, 6.45) is 0.193. The van der Waals surface area contributed by atoms with Crippen LogP contribution in [0, 0.1) is 0 Å². The van der Waals surface area contributed by atoms with E-state index >= 15 is 0 Å². The number of aromatic carboxylic acids is 1. The summed E-state index contributed by atoms with van der Waals surface area (Å²) in [4.78, 5) is 32.8. The molecule has 0 saturated carbocycles. The number of carboxylic acid groups (broad SMARTS) is 1. The van der Waals surface area contributed by atoms with Crippen molar-refractivity contribution in [3.05, 3.63) is 35.4 Å². The first-order chi connectivity index (χ1) is 8.99. The maximum Gasteiger partial charge on any atom is 0.335 e. The zero-order valence-corrected chi connectivity index (χ0v) is 10.6. The van der Waals surface area contributed by atoms with Gasteiger partial charge in [0.15, 0.2) is 0 Å². The molecular formula is C13H16N2O4. The van der Waals surface area contributed by atoms with Crippen molar-refractivity contribution in [3.63, 3.8) is 0 Å². The number of rotatable bonds is 6. The highest BCUT2D eigenvalue weighted by Gasteiger charge is 2.05. The van der Waals surface area contributed by atoms with Crippen molar-refractivity contribution in [2.24, 2.45) is 0 Å². The number of carboxylic acids is 1. The average Bonchev–Trinajstić information content (AvgIpc) is 2.36. The number of hydrogen-bond donors (Lipinski definition) is 3. The fourth-order valence-electron chi connectivity index (χ4n) is 1.46. The van der Waals surface area contributed by atoms with Crippen LogP contribution < -0.4 is 10.6 Å². The fourth-order valence-corrected chi connectivity index (χ4v) is 1.46. The van der Waals surface area contributed by atoms with E-state index < -0.39 is 5.97 Å². The highest BCUT2D eigenvalue weighted by molar-refractivity contribution is 5.87. The Kier molecular flexibility index (Phi) is 5.53. The molecule has 0 spiro atoms. The molecule has 0 saturated heterocycles. The number of carbonyl (C=O) groups is 3. The lowest BCUT2D eigenvalue weighted by molar-refractivity contribution is -0.121. The molecular weight excluding hydrogens is 248 g/mol. The van der Waals surface area contributed by atoms with E-state index in [1.54, 1.807) is 12.1 Å². The molecule has 102 valence electrons. The van der Waals surface area contributed by atoms with Crippen molar-refractivity contribution in [1.82, 2.24) is 10.6 Å². The maximum absolute atomic E-state index is 11.4. The van der Waals surface area contributed by atoms with Crippen molar-refractivity contribution in [2.75, 3.05) is 6.54 Å². The lowest BCUT2D eigenvalue weighted by atomic mass is 10.1. The second-order valence-corrected chi connectivity index (χ2v) is 4.02. The Morgan fingerprint density at radius 3 is 2.58 bits per heavy atom. The van der Waals surface area contributed by atoms with Gasteiger partial charge in [0.1, 0.15) is 0 Å². The van der Waals surface area contributed by atoms with Crippen LogP contribution in [0.15, 0.2) is 24.3 Å². The SMILES string of the molecule is CC(=O)NCCC(=O)NCc1cccc(C(=O)O)c1. The Bertz CT molecular complexity index is 485. The second-order valence-electron chi connectivity index (χ2n) is 4.02. The smallest absolute Gasteiger partial charge is 0.335 e. The molecule has 0 atom stereocenters. The van der Waals surface area contributed by atoms with E-state index in [0.717, 1.165) is 0 Å². The third kappa shape index (κ3) is 5.67. The predicted molar refractivity (Wildman–Crippen MR) is 68.5 cm³/mol. The Hall–Kier alpha value is -2.37. The summed E-state index contributed by atoms with van der Waals surface area (Å²) in [6.45, 7) is 1.94. The largest absolute Gasteiger partial charge is 0.478 e. The molecule has 6 heteroatoms. The molecule has 1 rings (SSSR count). The van der Waals surface area contributed by atoms with Crippen LogP contribution in [0.3, 0.4) is 0 Å². The lowest BCUT2D eigenvalue weighted by Gasteiger charge is -2.06. The third-order valence-corrected chi connectivity index (χ3v) is 2.39. The summed E-state index contributed by atoms with van der Waals surface area (Å²) in [5.74, 6) is -1.38. The van der Waals surface area contributed by atoms with Crippen molar-refractivity contribution < 1.29 is 19.5 Å². The molecule has 2 amide bonds. The van der Waals surface area contributed by atoms with E-state index in [4.69, 9.17) is 5.11 Å². The minimum atomic E-state index is -1.00. The van der Waals surface area contributed by atoms with Gasteiger partial charge >= 0.3 is 5.97 Å². The van der Waals surface area contributed by atoms with Gasteiger partial charge in [0.25, 0.3) is 0 Å². The quantitative estimate of drug-likeness (QED) is 0.698. The van der Waals surface area contributed by atoms with Crippen molar-refractivity contribution in [1.29, 1.82) is 0 Å². The molecule has 0 aromatic heterocycles. The van der Waals surface area contributed by atoms with Gasteiger partial charge in [-0.15, -0.1) is 0 Å². The van der Waals surface area contributed by atoms with Gasteiger partial charge < -0.3 is 15.7 Å². The van der Waals surface area contributed by atoms with Gasteiger partial charge in [0.05, 0.1) is 5.56 Å². The van der Waals surface area contributed by atoms with Crippen LogP contribution >= 0.6 is 0 Å². The molecule has 0 aliphatic carbocycles. The Morgan fingerprint density at radius 2 is 1.95 bits per heavy atom. The van der Waals surface area contributed by atoms with E-state index in [-0.39, 0.29) is 36.9 Å². The van der Waals surface area contributed by atoms with Crippen LogP contribution in [0.1, 0.15) is 29.3 Å². The van der Waals surface area contributed by atoms with E-state index in [2.05, 4.69) is 10.6 Å². The number of amides is 2. The molecule has 3 N–H and O–H groups in total. The van der Waals surface area contributed by atoms with Gasteiger partial charge in [-0.3, -0.25) is 9.59 Å². The van der Waals surface area contributed by atoms with Crippen LogP contribution in [0.2, 0.25) is 0 Å². The molecule has 0 unspecified atom stereocenters. The summed E-state index contributed by atoms with van der Waals surface area (Å²) in [6, 6.07) is 6.36. The number of benzene rings is 1. The Balaban J connectivity index is 2.39. The van der Waals surface area contributed by atoms with Crippen LogP contribution in [-0.4, -0.2) is 29.4 Å². The van der Waals surface area contributed by atoms with E-state index in [9.17, 15) is 14.4 Å². The topological polar surface area (TPSA) is 95.5 Å². The first kappa shape index (κ1) is 14.7. The van der Waals surface area contributed by atoms with Crippen molar-refractivity contribution in [2.45, 2.75) is 19.9 Å². The van der Waals surface area contributed by atoms with Gasteiger partial charge in [-0.2, -0.15) is 0 Å². The van der Waals surface area contributed by atoms with Gasteiger partial charge in [-0.05, 0) is 17.7 Å². The average molecular weight is 264 g/mol. The highest BCUT2D eigenvalue weighted by atomic mass is 16.4. The zero-order valence-electron chi connectivity index (χ0n) is 10.6. The van der Waals surface area contributed by atoms with Crippen molar-refractivity contribution >= 4 is 17.8 Å². The minimum absolute atomic E-state index is 0.179. The summed E-state index contributed by atoms with van der Waals surface area (Å²) in [7, 11) is 0. The van der Waals surface area contributed by atoms with Crippen LogP contribution in [0.4, 0.5) is 0 Å². The first-order valence-electron chi connectivity index (χ1n) is 5.82. The lowest BCUT2D eigenvalue weighted by Crippen LogP contribution is -2.29. The van der Waals surface area contributed by atoms with Crippen LogP contribution in [-0.2, 0) is 16.1 Å². The summed E-state index contributed by atoms with van der Waals surface area (Å²) < 4.78 is 0. The summed E-state index contributed by atoms with van der Waals surface area (Å²) >= 11 is 0. The molecule has 0 bridgehead atoms. The fraction of sp³-hybridized carbons (Fsp3) is 0.308. The molecule has 0 fully saturated rings. The van der Waals surface area contributed by atoms with Gasteiger partial charge in [0, 0.05) is 26.4 Å². The Labute approximate surface area is 110 Å². The molecule has 19 heavy (non-hydrogen) atoms. The molecule has 0 heterocycles. The van der Waals surface area contributed by atoms with Gasteiger partial charge in [-0.25, -0.2) is 4.79 Å². The monoisotopic (exact) mass is 264 g/mol. The molecule has 1 aromatic carbocycles. The van der Waals surface area contributed by atoms with Crippen LogP contribution in [0.25, 0.3) is 0 Å². The highest BCUT2D eigenvalue weighted by Crippen LogP contribution is 2.05. The summed E-state index contributed by atoms with van der Waals surface area (Å²) in [5, 5.41) is 14.0. The number of hydrogen-bond acceptors (Lipinski definition) is 3. The number of nitrogens with one attached hydrogen (secondary N) is 2. The minimum Gasteiger partial charge on any atom is -0.478 e.